The van der Waals surface area contributed by atoms with Crippen LogP contribution in [0.2, 0.25) is 0 Å². The topological polar surface area (TPSA) is 0 Å². The average Bonchev–Trinajstić information content (AvgIpc) is 3.41. The van der Waals surface area contributed by atoms with Gasteiger partial charge in [0, 0.05) is 0 Å². The molecule has 28 heavy (non-hydrogen) atoms. The molecule has 0 fully saturated rings. The molecule has 0 heterocycles. The molecule has 4 rings (SSSR count). The van der Waals surface area contributed by atoms with Gasteiger partial charge in [0.1, 0.15) is 0 Å². The summed E-state index contributed by atoms with van der Waals surface area (Å²) in [4.78, 5) is 0. The zero-order valence-electron chi connectivity index (χ0n) is 16.5. The van der Waals surface area contributed by atoms with Crippen LogP contribution in [0.5, 0.6) is 0 Å². The van der Waals surface area contributed by atoms with Gasteiger partial charge in [-0.3, -0.25) is 12.2 Å². The second kappa shape index (κ2) is 26.1. The van der Waals surface area contributed by atoms with E-state index in [1.807, 2.05) is 79.7 Å². The third-order valence-electron chi connectivity index (χ3n) is 2.96. The fraction of sp³-hybridized carbons (Fsp3) is 0.167. The summed E-state index contributed by atoms with van der Waals surface area (Å²) in [5.41, 5.74) is 2.69. The largest absolute Gasteiger partial charge is 0.184 e. The molecule has 0 aliphatic heterocycles. The molecule has 0 bridgehead atoms. The molecule has 2 aromatic carbocycles. The molecule has 2 aliphatic carbocycles. The molecule has 0 unspecified atom stereocenters. The van der Waals surface area contributed by atoms with Crippen molar-refractivity contribution in [1.82, 2.24) is 0 Å². The molecule has 0 spiro atoms. The van der Waals surface area contributed by atoms with Crippen molar-refractivity contribution in [2.24, 2.45) is 0 Å². The van der Waals surface area contributed by atoms with E-state index in [2.05, 4.69) is 50.3 Å². The maximum absolute atomic E-state index is 3.05. The summed E-state index contributed by atoms with van der Waals surface area (Å²) in [5.74, 6) is 0. The SMILES string of the molecule is CC1=CC[C-]=C1.CC1=CC[C-]=C1.Cl.Cl.[SiH2]=[Zr].[c-]1ccccc1.[c-]1ccccc1. The minimum absolute atomic E-state index is 0. The van der Waals surface area contributed by atoms with Crippen LogP contribution < -0.4 is 0 Å². The fourth-order valence-corrected chi connectivity index (χ4v) is 1.68. The third-order valence-corrected chi connectivity index (χ3v) is 2.96. The molecule has 0 saturated carbocycles. The van der Waals surface area contributed by atoms with Crippen molar-refractivity contribution in [2.75, 3.05) is 0 Å². The van der Waals surface area contributed by atoms with Gasteiger partial charge in [0.05, 0.1) is 0 Å². The van der Waals surface area contributed by atoms with Crippen LogP contribution in [0.15, 0.2) is 96.1 Å². The van der Waals surface area contributed by atoms with Crippen LogP contribution in [0.4, 0.5) is 0 Å². The van der Waals surface area contributed by atoms with Crippen molar-refractivity contribution in [2.45, 2.75) is 26.7 Å². The summed E-state index contributed by atoms with van der Waals surface area (Å²) in [5, 5.41) is 0. The molecule has 2 aromatic rings. The van der Waals surface area contributed by atoms with E-state index in [1.165, 1.54) is 11.1 Å². The number of halogens is 2. The van der Waals surface area contributed by atoms with Crippen molar-refractivity contribution >= 4 is 31.7 Å². The van der Waals surface area contributed by atoms with E-state index < -0.39 is 0 Å². The van der Waals surface area contributed by atoms with E-state index in [0.717, 1.165) is 12.8 Å². The van der Waals surface area contributed by atoms with Crippen molar-refractivity contribution in [3.8, 4) is 0 Å². The van der Waals surface area contributed by atoms with Crippen LogP contribution in [0.1, 0.15) is 26.7 Å². The van der Waals surface area contributed by atoms with E-state index in [0.29, 0.717) is 0 Å². The van der Waals surface area contributed by atoms with Crippen molar-refractivity contribution in [3.05, 3.63) is 120 Å². The molecule has 150 valence electrons. The molecule has 0 N–H and O–H groups in total. The first kappa shape index (κ1) is 31.8. The Morgan fingerprint density at radius 2 is 0.964 bits per heavy atom. The van der Waals surface area contributed by atoms with Gasteiger partial charge in [0.2, 0.25) is 0 Å². The summed E-state index contributed by atoms with van der Waals surface area (Å²) in [6.07, 6.45) is 16.5. The van der Waals surface area contributed by atoms with Gasteiger partial charge in [-0.2, -0.15) is 84.9 Å². The molecule has 0 radical (unpaired) electrons. The maximum atomic E-state index is 3.05. The van der Waals surface area contributed by atoms with Crippen molar-refractivity contribution < 1.29 is 23.3 Å². The molecule has 0 amide bonds. The summed E-state index contributed by atoms with van der Waals surface area (Å²) >= 11 is 1.58. The molecule has 0 saturated heterocycles. The Bertz CT molecular complexity index is 547. The van der Waals surface area contributed by atoms with Gasteiger partial charge in [-0.15, -0.1) is 51.5 Å². The van der Waals surface area contributed by atoms with Crippen LogP contribution in [-0.4, -0.2) is 6.88 Å². The smallest absolute Gasteiger partial charge is 0.171 e. The molecule has 0 aromatic heterocycles. The summed E-state index contributed by atoms with van der Waals surface area (Å²) in [7, 11) is 0. The zero-order chi connectivity index (χ0) is 19.3. The molecule has 0 nitrogen and oxygen atoms in total. The standard InChI is InChI=1S/2C6H7.2C6H5.2ClH.H2Si.Zr/c2*1-6-4-2-3-5-6;2*1-2-4-6-5-3-1;;;;/h2*4-5H,2H2,1H3;2*1-5H;2*1H;1H2;/q4*-1;;;;. The van der Waals surface area contributed by atoms with Crippen molar-refractivity contribution in [3.63, 3.8) is 0 Å². The Hall–Kier alpha value is -0.920. The van der Waals surface area contributed by atoms with E-state index in [1.54, 1.807) is 23.3 Å². The van der Waals surface area contributed by atoms with E-state index in [-0.39, 0.29) is 24.8 Å². The van der Waals surface area contributed by atoms with Crippen LogP contribution in [-0.2, 0) is 23.3 Å². The van der Waals surface area contributed by atoms with Crippen LogP contribution in [0, 0.1) is 24.3 Å². The first-order valence-electron chi connectivity index (χ1n) is 8.43. The number of hydrogen-bond acceptors (Lipinski definition) is 0. The molecule has 2 aliphatic rings. The molecular weight excluding hydrogens is 478 g/mol. The number of hydrogen-bond donors (Lipinski definition) is 0. The zero-order valence-corrected chi connectivity index (χ0v) is 22.0. The Morgan fingerprint density at radius 3 is 1.04 bits per heavy atom. The van der Waals surface area contributed by atoms with Gasteiger partial charge < -0.3 is 0 Å². The van der Waals surface area contributed by atoms with Crippen molar-refractivity contribution in [1.29, 1.82) is 0 Å². The first-order valence-corrected chi connectivity index (χ1v) is 14.4. The Labute approximate surface area is 200 Å². The third kappa shape index (κ3) is 23.1. The summed E-state index contributed by atoms with van der Waals surface area (Å²) < 4.78 is 0. The fourth-order valence-electron chi connectivity index (χ4n) is 1.68. The Morgan fingerprint density at radius 1 is 0.643 bits per heavy atom. The summed E-state index contributed by atoms with van der Waals surface area (Å²) in [6, 6.07) is 25.0. The van der Waals surface area contributed by atoms with Gasteiger partial charge in [-0.1, -0.05) is 0 Å². The van der Waals surface area contributed by atoms with E-state index >= 15 is 0 Å². The molecule has 0 atom stereocenters. The monoisotopic (exact) mass is 504 g/mol. The number of benzene rings is 2. The number of rotatable bonds is 0. The van der Waals surface area contributed by atoms with Gasteiger partial charge in [0.25, 0.3) is 0 Å². The Kier molecular flexibility index (Phi) is 29.6. The minimum Gasteiger partial charge on any atom is -0.184 e. The van der Waals surface area contributed by atoms with Gasteiger partial charge >= 0.3 is 30.2 Å². The van der Waals surface area contributed by atoms with E-state index in [4.69, 9.17) is 0 Å². The number of allylic oxidation sites excluding steroid dienone is 8. The quantitative estimate of drug-likeness (QED) is 0.291. The second-order valence-electron chi connectivity index (χ2n) is 5.16. The van der Waals surface area contributed by atoms with Crippen LogP contribution in [0.25, 0.3) is 0 Å². The maximum Gasteiger partial charge on any atom is -0.171 e. The first-order chi connectivity index (χ1) is 12.8. The van der Waals surface area contributed by atoms with E-state index in [9.17, 15) is 0 Å². The van der Waals surface area contributed by atoms with Crippen LogP contribution >= 0.6 is 24.8 Å². The summed E-state index contributed by atoms with van der Waals surface area (Å²) in [6.45, 7) is 6.12. The van der Waals surface area contributed by atoms with Gasteiger partial charge in [0.15, 0.2) is 0 Å². The average molecular weight is 507 g/mol. The predicted octanol–water partition coefficient (Wildman–Crippen LogP) is 6.29. The minimum atomic E-state index is 0. The predicted molar refractivity (Wildman–Crippen MR) is 126 cm³/mol. The van der Waals surface area contributed by atoms with Crippen LogP contribution in [0.3, 0.4) is 0 Å². The Balaban J connectivity index is -0.000000282. The molecular formula is C24H28Cl2SiZr-4. The normalized spacial score (nSPS) is 11.5. The second-order valence-corrected chi connectivity index (χ2v) is 5.16. The molecule has 4 heteroatoms. The van der Waals surface area contributed by atoms with Gasteiger partial charge in [-0.25, -0.2) is 23.3 Å². The van der Waals surface area contributed by atoms with Gasteiger partial charge in [-0.05, 0) is 0 Å².